The van der Waals surface area contributed by atoms with Crippen molar-refractivity contribution in [1.82, 2.24) is 9.55 Å². The maximum Gasteiger partial charge on any atom is 0.262 e. The van der Waals surface area contributed by atoms with Crippen molar-refractivity contribution in [3.63, 3.8) is 0 Å². The average molecular weight is 426 g/mol. The van der Waals surface area contributed by atoms with Crippen molar-refractivity contribution >= 4 is 34.3 Å². The van der Waals surface area contributed by atoms with Crippen molar-refractivity contribution in [2.24, 2.45) is 0 Å². The molecule has 2 aromatic carbocycles. The molecule has 1 amide bonds. The lowest BCUT2D eigenvalue weighted by atomic mass is 10.0. The SMILES string of the molecule is COCCn1c(S[C@H](C)C(=O)Nc2ccccc2C(C)C)nc2ccccc2c1=O. The Hall–Kier alpha value is -2.64. The summed E-state index contributed by atoms with van der Waals surface area (Å²) >= 11 is 1.28. The molecule has 1 heterocycles. The van der Waals surface area contributed by atoms with Gasteiger partial charge < -0.3 is 10.1 Å². The number of carbonyl (C=O) groups excluding carboxylic acids is 1. The molecule has 0 fully saturated rings. The first-order valence-electron chi connectivity index (χ1n) is 9.97. The largest absolute Gasteiger partial charge is 0.383 e. The average Bonchev–Trinajstić information content (AvgIpc) is 2.73. The molecule has 6 nitrogen and oxygen atoms in total. The molecule has 0 radical (unpaired) electrons. The molecule has 0 saturated carbocycles. The first kappa shape index (κ1) is 22.1. The van der Waals surface area contributed by atoms with Crippen molar-refractivity contribution in [2.45, 2.75) is 43.6 Å². The van der Waals surface area contributed by atoms with Gasteiger partial charge >= 0.3 is 0 Å². The second kappa shape index (κ2) is 9.91. The Kier molecular flexibility index (Phi) is 7.29. The van der Waals surface area contributed by atoms with Crippen molar-refractivity contribution in [1.29, 1.82) is 0 Å². The van der Waals surface area contributed by atoms with Gasteiger partial charge in [0.05, 0.1) is 29.3 Å². The fraction of sp³-hybridized carbons (Fsp3) is 0.348. The van der Waals surface area contributed by atoms with E-state index in [0.717, 1.165) is 11.3 Å². The molecule has 158 valence electrons. The van der Waals surface area contributed by atoms with Gasteiger partial charge in [-0.1, -0.05) is 55.9 Å². The van der Waals surface area contributed by atoms with Crippen LogP contribution in [0.4, 0.5) is 5.69 Å². The van der Waals surface area contributed by atoms with E-state index in [2.05, 4.69) is 24.1 Å². The van der Waals surface area contributed by atoms with Crippen LogP contribution in [0.1, 0.15) is 32.3 Å². The monoisotopic (exact) mass is 425 g/mol. The van der Waals surface area contributed by atoms with Crippen LogP contribution in [0.2, 0.25) is 0 Å². The molecule has 0 aliphatic rings. The number of anilines is 1. The van der Waals surface area contributed by atoms with Crippen molar-refractivity contribution < 1.29 is 9.53 Å². The van der Waals surface area contributed by atoms with Crippen LogP contribution in [0, 0.1) is 0 Å². The molecule has 3 rings (SSSR count). The van der Waals surface area contributed by atoms with Gasteiger partial charge in [-0.05, 0) is 36.6 Å². The number of amides is 1. The van der Waals surface area contributed by atoms with Crippen LogP contribution in [-0.2, 0) is 16.1 Å². The topological polar surface area (TPSA) is 73.2 Å². The highest BCUT2D eigenvalue weighted by Crippen LogP contribution is 2.27. The molecule has 7 heteroatoms. The van der Waals surface area contributed by atoms with Crippen LogP contribution >= 0.6 is 11.8 Å². The standard InChI is InChI=1S/C23H27N3O3S/c1-15(2)17-9-5-7-11-19(17)24-21(27)16(3)30-23-25-20-12-8-6-10-18(20)22(28)26(23)13-14-29-4/h5-12,15-16H,13-14H2,1-4H3,(H,24,27)/t16-/m1/s1. The smallest absolute Gasteiger partial charge is 0.262 e. The van der Waals surface area contributed by atoms with Gasteiger partial charge in [-0.25, -0.2) is 4.98 Å². The predicted octanol–water partition coefficient (Wildman–Crippen LogP) is 4.29. The number of methoxy groups -OCH3 is 1. The number of fused-ring (bicyclic) bond motifs is 1. The normalized spacial score (nSPS) is 12.3. The van der Waals surface area contributed by atoms with E-state index in [1.54, 1.807) is 17.7 Å². The van der Waals surface area contributed by atoms with E-state index in [9.17, 15) is 9.59 Å². The Balaban J connectivity index is 1.87. The molecular formula is C23H27N3O3S. The minimum Gasteiger partial charge on any atom is -0.383 e. The van der Waals surface area contributed by atoms with Crippen molar-refractivity contribution in [2.75, 3.05) is 19.0 Å². The molecule has 1 N–H and O–H groups in total. The number of rotatable bonds is 8. The van der Waals surface area contributed by atoms with Crippen LogP contribution in [0.15, 0.2) is 58.5 Å². The number of ether oxygens (including phenoxy) is 1. The van der Waals surface area contributed by atoms with E-state index in [1.807, 2.05) is 49.4 Å². The van der Waals surface area contributed by atoms with Gasteiger partial charge in [0.2, 0.25) is 5.91 Å². The summed E-state index contributed by atoms with van der Waals surface area (Å²) in [6.45, 7) is 6.77. The molecule has 1 aromatic heterocycles. The van der Waals surface area contributed by atoms with E-state index in [1.165, 1.54) is 11.8 Å². The lowest BCUT2D eigenvalue weighted by molar-refractivity contribution is -0.115. The summed E-state index contributed by atoms with van der Waals surface area (Å²) < 4.78 is 6.74. The summed E-state index contributed by atoms with van der Waals surface area (Å²) in [5.74, 6) is 0.166. The molecule has 0 unspecified atom stereocenters. The van der Waals surface area contributed by atoms with Crippen LogP contribution in [0.25, 0.3) is 10.9 Å². The van der Waals surface area contributed by atoms with Crippen LogP contribution < -0.4 is 10.9 Å². The second-order valence-electron chi connectivity index (χ2n) is 7.35. The first-order valence-corrected chi connectivity index (χ1v) is 10.8. The number of nitrogens with one attached hydrogen (secondary N) is 1. The van der Waals surface area contributed by atoms with Gasteiger partial charge in [-0.3, -0.25) is 14.2 Å². The van der Waals surface area contributed by atoms with Gasteiger partial charge in [-0.2, -0.15) is 0 Å². The summed E-state index contributed by atoms with van der Waals surface area (Å²) in [4.78, 5) is 30.5. The van der Waals surface area contributed by atoms with Gasteiger partial charge in [0.1, 0.15) is 0 Å². The summed E-state index contributed by atoms with van der Waals surface area (Å²) in [5.41, 5.74) is 2.39. The number of para-hydroxylation sites is 2. The van der Waals surface area contributed by atoms with E-state index in [-0.39, 0.29) is 11.5 Å². The number of benzene rings is 2. The van der Waals surface area contributed by atoms with Crippen LogP contribution in [-0.4, -0.2) is 34.4 Å². The Morgan fingerprint density at radius 2 is 1.83 bits per heavy atom. The Morgan fingerprint density at radius 1 is 1.13 bits per heavy atom. The van der Waals surface area contributed by atoms with Crippen molar-refractivity contribution in [3.8, 4) is 0 Å². The summed E-state index contributed by atoms with van der Waals surface area (Å²) in [6, 6.07) is 15.1. The number of nitrogens with zero attached hydrogens (tertiary/aromatic N) is 2. The van der Waals surface area contributed by atoms with Gasteiger partial charge in [0.15, 0.2) is 5.16 Å². The molecule has 30 heavy (non-hydrogen) atoms. The van der Waals surface area contributed by atoms with Crippen LogP contribution in [0.5, 0.6) is 0 Å². The molecule has 1 atom stereocenters. The maximum atomic E-state index is 13.0. The fourth-order valence-electron chi connectivity index (χ4n) is 3.18. The Bertz CT molecular complexity index is 1090. The highest BCUT2D eigenvalue weighted by molar-refractivity contribution is 8.00. The number of thioether (sulfide) groups is 1. The molecule has 0 saturated heterocycles. The highest BCUT2D eigenvalue weighted by atomic mass is 32.2. The molecule has 3 aromatic rings. The predicted molar refractivity (Wildman–Crippen MR) is 122 cm³/mol. The minimum atomic E-state index is -0.438. The third-order valence-corrected chi connectivity index (χ3v) is 5.93. The molecule has 0 spiro atoms. The number of carbonyl (C=O) groups is 1. The van der Waals surface area contributed by atoms with E-state index in [0.29, 0.717) is 35.1 Å². The Morgan fingerprint density at radius 3 is 2.57 bits per heavy atom. The third-order valence-electron chi connectivity index (χ3n) is 4.84. The summed E-state index contributed by atoms with van der Waals surface area (Å²) in [5, 5.41) is 3.65. The Labute approximate surface area is 180 Å². The van der Waals surface area contributed by atoms with Crippen LogP contribution in [0.3, 0.4) is 0 Å². The van der Waals surface area contributed by atoms with Gasteiger partial charge in [0.25, 0.3) is 5.56 Å². The lowest BCUT2D eigenvalue weighted by Crippen LogP contribution is -2.28. The first-order chi connectivity index (χ1) is 14.4. The maximum absolute atomic E-state index is 13.0. The number of hydrogen-bond acceptors (Lipinski definition) is 5. The van der Waals surface area contributed by atoms with Gasteiger partial charge in [0, 0.05) is 12.8 Å². The number of hydrogen-bond donors (Lipinski definition) is 1. The quantitative estimate of drug-likeness (QED) is 0.431. The molecular weight excluding hydrogens is 398 g/mol. The fourth-order valence-corrected chi connectivity index (χ4v) is 4.11. The minimum absolute atomic E-state index is 0.127. The zero-order valence-electron chi connectivity index (χ0n) is 17.7. The molecule has 0 bridgehead atoms. The molecule has 0 aliphatic carbocycles. The zero-order chi connectivity index (χ0) is 21.7. The highest BCUT2D eigenvalue weighted by Gasteiger charge is 2.20. The third kappa shape index (κ3) is 4.91. The number of aromatic nitrogens is 2. The van der Waals surface area contributed by atoms with E-state index >= 15 is 0 Å². The van der Waals surface area contributed by atoms with E-state index < -0.39 is 5.25 Å². The second-order valence-corrected chi connectivity index (χ2v) is 8.66. The lowest BCUT2D eigenvalue weighted by Gasteiger charge is -2.18. The summed E-state index contributed by atoms with van der Waals surface area (Å²) in [7, 11) is 1.59. The zero-order valence-corrected chi connectivity index (χ0v) is 18.5. The van der Waals surface area contributed by atoms with Crippen molar-refractivity contribution in [3.05, 3.63) is 64.4 Å². The van der Waals surface area contributed by atoms with E-state index in [4.69, 9.17) is 4.74 Å². The van der Waals surface area contributed by atoms with Gasteiger partial charge in [-0.15, -0.1) is 0 Å². The molecule has 0 aliphatic heterocycles. The summed E-state index contributed by atoms with van der Waals surface area (Å²) in [6.07, 6.45) is 0.